The molecule has 54 heteroatoms. The van der Waals surface area contributed by atoms with E-state index in [0.717, 1.165) is 0 Å². The minimum absolute atomic E-state index is 0. The van der Waals surface area contributed by atoms with Crippen molar-refractivity contribution in [2.45, 2.75) is 170 Å². The van der Waals surface area contributed by atoms with Gasteiger partial charge in [0.05, 0.1) is 52.3 Å². The van der Waals surface area contributed by atoms with E-state index in [1.165, 1.54) is 68.2 Å². The molecule has 4 heterocycles. The zero-order valence-corrected chi connectivity index (χ0v) is 82.2. The largest absolute Gasteiger partial charge is 0.508 e. The zero-order chi connectivity index (χ0) is 106. The molecule has 12 atom stereocenters. The number of hydrogen-bond donors (Lipinski definition) is 28. The molecule has 0 bridgehead atoms. The van der Waals surface area contributed by atoms with Crippen LogP contribution in [0.15, 0.2) is 97.6 Å². The van der Waals surface area contributed by atoms with E-state index in [4.69, 9.17) is 28.0 Å². The van der Waals surface area contributed by atoms with Crippen LogP contribution in [-0.4, -0.2) is 396 Å². The van der Waals surface area contributed by atoms with E-state index in [2.05, 4.69) is 89.4 Å². The molecule has 0 unspecified atom stereocenters. The molecule has 1 radical (unpaired) electrons. The number of thioether (sulfide) groups is 1. The summed E-state index contributed by atoms with van der Waals surface area (Å²) in [4.78, 5) is 268. The van der Waals surface area contributed by atoms with Crippen molar-refractivity contribution < 1.29 is 139 Å². The van der Waals surface area contributed by atoms with E-state index in [1.807, 2.05) is 0 Å². The molecule has 2 aliphatic heterocycles. The van der Waals surface area contributed by atoms with Gasteiger partial charge < -0.3 is 142 Å². The van der Waals surface area contributed by atoms with Crippen molar-refractivity contribution in [1.29, 1.82) is 10.8 Å². The Morgan fingerprint density at radius 3 is 1.36 bits per heavy atom. The average Bonchev–Trinajstić information content (AvgIpc) is 1.70. The fraction of sp³-hybridized carbons (Fsp3) is 0.527. The molecule has 2 fully saturated rings. The fourth-order valence-corrected chi connectivity index (χ4v) is 16.4. The molecule has 3 aromatic carbocycles. The van der Waals surface area contributed by atoms with Crippen molar-refractivity contribution in [2.24, 2.45) is 23.1 Å². The molecule has 14 amide bonds. The number of aromatic nitrogens is 3. The van der Waals surface area contributed by atoms with Crippen LogP contribution < -0.4 is 91.6 Å². The Hall–Kier alpha value is -14.2. The Kier molecular flexibility index (Phi) is 50.9. The van der Waals surface area contributed by atoms with Crippen molar-refractivity contribution in [3.63, 3.8) is 0 Å². The first kappa shape index (κ1) is 120. The Balaban J connectivity index is 0.0000321. The Morgan fingerprint density at radius 1 is 0.462 bits per heavy atom. The summed E-state index contributed by atoms with van der Waals surface area (Å²) >= 11 is 1.19. The number of nitrogens with one attached hydrogen (secondary N) is 18. The summed E-state index contributed by atoms with van der Waals surface area (Å²) in [6.07, 6.45) is 3.03. The average molecular weight is 2100 g/mol. The summed E-state index contributed by atoms with van der Waals surface area (Å²) in [7, 11) is 0. The van der Waals surface area contributed by atoms with Gasteiger partial charge in [-0.1, -0.05) is 74.5 Å². The number of imidazole rings is 1. The number of nitrogens with two attached hydrogens (primary N) is 3. The van der Waals surface area contributed by atoms with Gasteiger partial charge in [0.2, 0.25) is 82.7 Å². The molecule has 799 valence electrons. The predicted octanol–water partition coefficient (Wildman–Crippen LogP) is -7.95. The van der Waals surface area contributed by atoms with Gasteiger partial charge >= 0.3 is 23.9 Å². The van der Waals surface area contributed by atoms with Crippen LogP contribution in [0, 0.1) is 16.7 Å². The summed E-state index contributed by atoms with van der Waals surface area (Å²) in [6, 6.07) is 1.31. The summed E-state index contributed by atoms with van der Waals surface area (Å²) in [6.45, 7) is -1.14. The normalized spacial score (nSPS) is 16.1. The number of fused-ring (bicyclic) bond motifs is 1. The summed E-state index contributed by atoms with van der Waals surface area (Å²) in [5.74, 6) is -20.2. The first-order valence-electron chi connectivity index (χ1n) is 46.8. The van der Waals surface area contributed by atoms with Crippen molar-refractivity contribution in [3.05, 3.63) is 120 Å². The number of nitrogens with zero attached hydrogens (tertiary/aromatic N) is 6. The van der Waals surface area contributed by atoms with E-state index in [-0.39, 0.29) is 169 Å². The van der Waals surface area contributed by atoms with Gasteiger partial charge in [-0.2, -0.15) is 11.8 Å². The van der Waals surface area contributed by atoms with Crippen molar-refractivity contribution in [2.75, 3.05) is 130 Å². The number of H-pyrrole nitrogens is 2. The second-order valence-electron chi connectivity index (χ2n) is 35.0. The zero-order valence-electron chi connectivity index (χ0n) is 80.5. The number of carbonyl (C=O) groups is 18. The van der Waals surface area contributed by atoms with E-state index in [9.17, 15) is 108 Å². The quantitative estimate of drug-likeness (QED) is 0.00744. The standard InChI is InChI=1S/C91H133N27O25S.Cu/c1-52(2)77(78(92)132)113-88(142)70-18-11-28-118(70)89(143)63(17-10-27-99-91(95)96)103-71(122)44-101-79(133)66(40-55-42-100-59-15-8-7-14-58(55)59)110-80(134)60(16-9-26-98-90(93)94)105-83(137)64(38-53-12-5-4-6-13-53)108-85(139)67(41-56-43-97-51-102-56)111-81(135)61(23-24-73(124)125)106-82(136)62(25-37-144-3)107-87(141)69(50-120)112-84(138)65(39-54-19-21-57(121)22-20-54)109-86(140)68(49-119)104-72(123)45-114-29-31-115(46-74(126)127)33-35-117(48-76(130)131)36-34-116(32-30-114)47-75(128)129;/h4-8,12-15,19-22,42-43,51-52,60-70,77,100,119-121H,9-11,16-18,23-41,44-50H2,1-3H3,(H2,92,132)(H,97,102)(H,101,133)(H,103,122)(H,104,123)(H,105,137)(H,106,136)(H,107,141)(H,108,139)(H,109,140)(H,110,134)(H,111,135)(H,112,138)(H,113,142)(H,124,125)(H,126,127)(H,128,129)(H,130,131)(H4,93,94,98)(H4,95,96,99);/t60-,61-,62-,63-,64-,65-,66-,67-,68-,69-,70-,77-;/m0./s1/i;1+0. The van der Waals surface area contributed by atoms with Crippen molar-refractivity contribution in [1.82, 2.24) is 114 Å². The SMILES string of the molecule is CSCC[C@H](NC(=O)[C@H](CO)NC(=O)[C@H](Cc1ccc(O)cc1)NC(=O)[C@H](CO)NC(=O)CN1CCN(CC(=O)O)CCN(CC(=O)O)CCN(CC(=O)O)CC1)C(=O)N[C@@H](CCC(=O)O)C(=O)N[C@@H](Cc1cnc[nH]1)C(=O)N[C@@H](Cc1ccccc1)C(=O)N[C@@H](CCCNC(=N)N)C(=O)N[C@@H](Cc1c[nH]c2ccccc12)C(=O)NCC(=O)N[C@@H](CCCNC(=N)N)C(=O)N1CCC[C@H]1C(=O)N[C@H](C(N)=O)C(C)C.[64Cu]. The van der Waals surface area contributed by atoms with Crippen molar-refractivity contribution in [3.8, 4) is 5.75 Å². The summed E-state index contributed by atoms with van der Waals surface area (Å²) < 4.78 is 0. The number of guanidine groups is 2. The second kappa shape index (κ2) is 61.7. The van der Waals surface area contributed by atoms with Gasteiger partial charge in [0.25, 0.3) is 0 Å². The van der Waals surface area contributed by atoms with Crippen LogP contribution in [0.3, 0.4) is 0 Å². The van der Waals surface area contributed by atoms with Crippen LogP contribution in [-0.2, 0) is 129 Å². The maximum absolute atomic E-state index is 15.3. The molecule has 0 saturated carbocycles. The number of aliphatic carboxylic acids is 4. The number of rotatable bonds is 58. The number of carbonyl (C=O) groups excluding carboxylic acids is 14. The van der Waals surface area contributed by atoms with Crippen LogP contribution in [0.5, 0.6) is 5.75 Å². The molecular weight excluding hydrogens is 1970 g/mol. The monoisotopic (exact) mass is 2100 g/mol. The number of phenolic OH excluding ortho intramolecular Hbond substituents is 1. The molecule has 5 aromatic rings. The molecule has 7 rings (SSSR count). The maximum atomic E-state index is 15.3. The van der Waals surface area contributed by atoms with Gasteiger partial charge in [0.1, 0.15) is 78.3 Å². The fourth-order valence-electron chi connectivity index (χ4n) is 16.0. The van der Waals surface area contributed by atoms with Gasteiger partial charge in [-0.05, 0) is 104 Å². The molecule has 31 N–H and O–H groups in total. The number of phenols is 1. The molecule has 0 spiro atoms. The number of likely N-dealkylation sites (tertiary alicyclic amines) is 1. The number of para-hydroxylation sites is 1. The minimum atomic E-state index is -1.96. The summed E-state index contributed by atoms with van der Waals surface area (Å²) in [5, 5.41) is 123. The number of aromatic hydroxyl groups is 1. The number of hydrogen-bond acceptors (Lipinski definition) is 29. The van der Waals surface area contributed by atoms with Gasteiger partial charge in [0, 0.05) is 150 Å². The summed E-state index contributed by atoms with van der Waals surface area (Å²) in [5.41, 5.74) is 18.8. The Labute approximate surface area is 849 Å². The third-order valence-electron chi connectivity index (χ3n) is 23.6. The first-order valence-corrected chi connectivity index (χ1v) is 48.2. The Bertz CT molecular complexity index is 5170. The third-order valence-corrected chi connectivity index (χ3v) is 24.2. The number of primary amides is 1. The third kappa shape index (κ3) is 42.0. The number of carboxylic acid groups (broad SMARTS) is 4. The van der Waals surface area contributed by atoms with Crippen LogP contribution in [0.25, 0.3) is 10.9 Å². The minimum Gasteiger partial charge on any atom is -0.508 e. The molecule has 2 aliphatic rings. The van der Waals surface area contributed by atoms with Crippen LogP contribution in [0.4, 0.5) is 0 Å². The predicted molar refractivity (Wildman–Crippen MR) is 520 cm³/mol. The van der Waals surface area contributed by atoms with E-state index < -0.39 is 263 Å². The molecular formula is C91H133CuN27O25S. The van der Waals surface area contributed by atoms with Gasteiger partial charge in [-0.3, -0.25) is 117 Å². The number of aliphatic hydroxyl groups excluding tert-OH is 2. The van der Waals surface area contributed by atoms with Gasteiger partial charge in [0.15, 0.2) is 11.9 Å². The van der Waals surface area contributed by atoms with E-state index >= 15 is 14.4 Å². The van der Waals surface area contributed by atoms with Gasteiger partial charge in [-0.25, -0.2) is 4.98 Å². The molecule has 145 heavy (non-hydrogen) atoms. The molecule has 0 aliphatic carbocycles. The molecule has 2 saturated heterocycles. The van der Waals surface area contributed by atoms with E-state index in [0.29, 0.717) is 28.5 Å². The number of benzene rings is 3. The topological polar surface area (TPSA) is 804 Å². The first-order chi connectivity index (χ1) is 68.6. The molecule has 52 nitrogen and oxygen atoms in total. The number of carboxylic acids is 4. The van der Waals surface area contributed by atoms with Crippen molar-refractivity contribution >= 4 is 141 Å². The number of amides is 14. The number of aliphatic hydroxyl groups is 2. The van der Waals surface area contributed by atoms with E-state index in [1.54, 1.807) is 85.8 Å². The Morgan fingerprint density at radius 2 is 0.890 bits per heavy atom. The van der Waals surface area contributed by atoms with Gasteiger partial charge in [-0.15, -0.1) is 0 Å². The smallest absolute Gasteiger partial charge is 0.317 e. The van der Waals surface area contributed by atoms with Crippen LogP contribution in [0.1, 0.15) is 94.0 Å². The maximum Gasteiger partial charge on any atom is 0.317 e. The number of aromatic amines is 2. The molecule has 2 aromatic heterocycles. The second-order valence-corrected chi connectivity index (χ2v) is 36.0. The van der Waals surface area contributed by atoms with Crippen LogP contribution in [0.2, 0.25) is 0 Å². The van der Waals surface area contributed by atoms with Crippen LogP contribution >= 0.6 is 11.8 Å².